The van der Waals surface area contributed by atoms with E-state index in [1.54, 1.807) is 21.9 Å². The number of fused-ring (bicyclic) bond motifs is 1. The molecule has 0 aliphatic carbocycles. The minimum atomic E-state index is -0.298. The summed E-state index contributed by atoms with van der Waals surface area (Å²) in [4.78, 5) is 27.0. The van der Waals surface area contributed by atoms with E-state index in [1.165, 1.54) is 19.1 Å². The number of morpholine rings is 1. The van der Waals surface area contributed by atoms with Crippen molar-refractivity contribution in [3.63, 3.8) is 0 Å². The Hall–Kier alpha value is -1.95. The molecule has 5 nitrogen and oxygen atoms in total. The second-order valence-electron chi connectivity index (χ2n) is 5.49. The van der Waals surface area contributed by atoms with Crippen LogP contribution >= 0.6 is 0 Å². The smallest absolute Gasteiger partial charge is 0.249 e. The maximum Gasteiger partial charge on any atom is 0.249 e. The van der Waals surface area contributed by atoms with Crippen LogP contribution in [0.2, 0.25) is 0 Å². The summed E-state index contributed by atoms with van der Waals surface area (Å²) in [6.45, 7) is 2.98. The number of benzene rings is 1. The molecule has 2 saturated heterocycles. The highest BCUT2D eigenvalue weighted by Crippen LogP contribution is 2.25. The van der Waals surface area contributed by atoms with Crippen molar-refractivity contribution in [3.05, 3.63) is 35.6 Å². The maximum absolute atomic E-state index is 13.0. The summed E-state index contributed by atoms with van der Waals surface area (Å²) < 4.78 is 18.5. The summed E-state index contributed by atoms with van der Waals surface area (Å²) >= 11 is 0. The van der Waals surface area contributed by atoms with E-state index in [-0.39, 0.29) is 36.4 Å². The van der Waals surface area contributed by atoms with E-state index in [2.05, 4.69) is 0 Å². The Morgan fingerprint density at radius 3 is 2.71 bits per heavy atom. The molecule has 0 spiro atoms. The number of nitrogens with zero attached hydrogens (tertiary/aromatic N) is 2. The highest BCUT2D eigenvalue weighted by molar-refractivity contribution is 5.79. The van der Waals surface area contributed by atoms with Gasteiger partial charge in [0, 0.05) is 26.6 Å². The number of halogens is 1. The van der Waals surface area contributed by atoms with Crippen LogP contribution in [0.1, 0.15) is 12.5 Å². The fourth-order valence-corrected chi connectivity index (χ4v) is 2.92. The van der Waals surface area contributed by atoms with Crippen LogP contribution in [0.4, 0.5) is 4.39 Å². The predicted molar refractivity (Wildman–Crippen MR) is 72.7 cm³/mol. The van der Waals surface area contributed by atoms with Crippen molar-refractivity contribution in [3.8, 4) is 0 Å². The largest absolute Gasteiger partial charge is 0.364 e. The Labute approximate surface area is 122 Å². The van der Waals surface area contributed by atoms with Crippen LogP contribution in [0, 0.1) is 5.82 Å². The van der Waals surface area contributed by atoms with Crippen LogP contribution in [0.5, 0.6) is 0 Å². The van der Waals surface area contributed by atoms with Crippen molar-refractivity contribution in [2.24, 2.45) is 0 Å². The van der Waals surface area contributed by atoms with Gasteiger partial charge < -0.3 is 14.5 Å². The monoisotopic (exact) mass is 292 g/mol. The zero-order valence-electron chi connectivity index (χ0n) is 11.8. The average molecular weight is 292 g/mol. The fraction of sp³-hybridized carbons (Fsp3) is 0.467. The van der Waals surface area contributed by atoms with Gasteiger partial charge in [-0.05, 0) is 17.7 Å². The Morgan fingerprint density at radius 2 is 2.05 bits per heavy atom. The van der Waals surface area contributed by atoms with Gasteiger partial charge in [0.05, 0.1) is 12.1 Å². The van der Waals surface area contributed by atoms with Crippen LogP contribution in [0.15, 0.2) is 24.3 Å². The van der Waals surface area contributed by atoms with E-state index in [4.69, 9.17) is 4.74 Å². The summed E-state index contributed by atoms with van der Waals surface area (Å²) in [5.74, 6) is -0.401. The quantitative estimate of drug-likeness (QED) is 0.809. The molecule has 0 saturated carbocycles. The Kier molecular flexibility index (Phi) is 3.63. The van der Waals surface area contributed by atoms with E-state index in [0.717, 1.165) is 5.56 Å². The normalized spacial score (nSPS) is 25.1. The first kappa shape index (κ1) is 14.0. The first-order valence-corrected chi connectivity index (χ1v) is 6.95. The molecule has 3 rings (SSSR count). The average Bonchev–Trinajstić information content (AvgIpc) is 2.89. The number of amides is 2. The molecule has 2 fully saturated rings. The zero-order valence-corrected chi connectivity index (χ0v) is 11.8. The molecule has 2 aliphatic heterocycles. The van der Waals surface area contributed by atoms with Crippen molar-refractivity contribution in [1.82, 2.24) is 9.80 Å². The van der Waals surface area contributed by atoms with Crippen molar-refractivity contribution in [2.75, 3.05) is 19.7 Å². The van der Waals surface area contributed by atoms with Crippen LogP contribution in [0.3, 0.4) is 0 Å². The summed E-state index contributed by atoms with van der Waals surface area (Å²) in [5.41, 5.74) is 0.867. The number of hydrogen-bond acceptors (Lipinski definition) is 3. The maximum atomic E-state index is 13.0. The van der Waals surface area contributed by atoms with Gasteiger partial charge in [-0.3, -0.25) is 9.59 Å². The second-order valence-corrected chi connectivity index (χ2v) is 5.49. The van der Waals surface area contributed by atoms with Crippen LogP contribution < -0.4 is 0 Å². The number of likely N-dealkylation sites (tertiary alicyclic amines) is 1. The lowest BCUT2D eigenvalue weighted by atomic mass is 10.1. The SMILES string of the molecule is CC(=O)N1C[C@@H]2OCC(=O)N(Cc3ccc(F)cc3)[C@@H]2C1. The first-order valence-electron chi connectivity index (χ1n) is 6.95. The van der Waals surface area contributed by atoms with Crippen LogP contribution in [-0.2, 0) is 20.9 Å². The molecule has 1 aromatic rings. The molecule has 1 aromatic carbocycles. The molecule has 2 heterocycles. The molecule has 2 atom stereocenters. The van der Waals surface area contributed by atoms with Crippen molar-refractivity contribution < 1.29 is 18.7 Å². The molecular weight excluding hydrogens is 275 g/mol. The van der Waals surface area contributed by atoms with Gasteiger partial charge in [-0.15, -0.1) is 0 Å². The zero-order chi connectivity index (χ0) is 15.0. The van der Waals surface area contributed by atoms with Gasteiger partial charge in [0.1, 0.15) is 12.4 Å². The van der Waals surface area contributed by atoms with Crippen LogP contribution in [0.25, 0.3) is 0 Å². The highest BCUT2D eigenvalue weighted by atomic mass is 19.1. The molecular formula is C15H17FN2O3. The Balaban J connectivity index is 1.77. The van der Waals surface area contributed by atoms with Gasteiger partial charge in [-0.2, -0.15) is 0 Å². The molecule has 0 N–H and O–H groups in total. The fourth-order valence-electron chi connectivity index (χ4n) is 2.92. The number of carbonyl (C=O) groups is 2. The molecule has 112 valence electrons. The Bertz CT molecular complexity index is 561. The standard InChI is InChI=1S/C15H17FN2O3/c1-10(19)17-7-13-14(8-17)21-9-15(20)18(13)6-11-2-4-12(16)5-3-11/h2-5,13-14H,6-9H2,1H3/t13-,14+/m1/s1. The lowest BCUT2D eigenvalue weighted by Gasteiger charge is -2.36. The molecule has 0 unspecified atom stereocenters. The predicted octanol–water partition coefficient (Wildman–Crippen LogP) is 0.784. The lowest BCUT2D eigenvalue weighted by molar-refractivity contribution is -0.153. The van der Waals surface area contributed by atoms with Gasteiger partial charge in [0.25, 0.3) is 0 Å². The Morgan fingerprint density at radius 1 is 1.33 bits per heavy atom. The van der Waals surface area contributed by atoms with E-state index < -0.39 is 0 Å². The highest BCUT2D eigenvalue weighted by Gasteiger charge is 2.43. The van der Waals surface area contributed by atoms with E-state index in [9.17, 15) is 14.0 Å². The minimum Gasteiger partial charge on any atom is -0.364 e. The number of carbonyl (C=O) groups excluding carboxylic acids is 2. The van der Waals surface area contributed by atoms with Gasteiger partial charge in [0.2, 0.25) is 11.8 Å². The topological polar surface area (TPSA) is 49.9 Å². The molecule has 21 heavy (non-hydrogen) atoms. The van der Waals surface area contributed by atoms with Gasteiger partial charge in [-0.1, -0.05) is 12.1 Å². The van der Waals surface area contributed by atoms with Gasteiger partial charge in [-0.25, -0.2) is 4.39 Å². The summed E-state index contributed by atoms with van der Waals surface area (Å²) in [5, 5.41) is 0. The third-order valence-electron chi connectivity index (χ3n) is 4.09. The van der Waals surface area contributed by atoms with E-state index in [0.29, 0.717) is 19.6 Å². The molecule has 2 amide bonds. The third kappa shape index (κ3) is 2.76. The van der Waals surface area contributed by atoms with Gasteiger partial charge in [0.15, 0.2) is 0 Å². The number of ether oxygens (including phenoxy) is 1. The number of rotatable bonds is 2. The molecule has 0 radical (unpaired) electrons. The molecule has 0 aromatic heterocycles. The molecule has 6 heteroatoms. The van der Waals surface area contributed by atoms with Gasteiger partial charge >= 0.3 is 0 Å². The lowest BCUT2D eigenvalue weighted by Crippen LogP contribution is -2.53. The van der Waals surface area contributed by atoms with E-state index >= 15 is 0 Å². The second kappa shape index (κ2) is 5.44. The number of hydrogen-bond donors (Lipinski definition) is 0. The summed E-state index contributed by atoms with van der Waals surface area (Å²) in [6.07, 6.45) is -0.132. The van der Waals surface area contributed by atoms with E-state index in [1.807, 2.05) is 0 Å². The van der Waals surface area contributed by atoms with Crippen LogP contribution in [-0.4, -0.2) is 53.5 Å². The van der Waals surface area contributed by atoms with Crippen molar-refractivity contribution in [2.45, 2.75) is 25.6 Å². The van der Waals surface area contributed by atoms with Crippen molar-refractivity contribution in [1.29, 1.82) is 0 Å². The molecule has 2 aliphatic rings. The summed E-state index contributed by atoms with van der Waals surface area (Å²) in [7, 11) is 0. The third-order valence-corrected chi connectivity index (χ3v) is 4.09. The summed E-state index contributed by atoms with van der Waals surface area (Å²) in [6, 6.07) is 5.98. The first-order chi connectivity index (χ1) is 10.0. The molecule has 0 bridgehead atoms. The van der Waals surface area contributed by atoms with Crippen molar-refractivity contribution >= 4 is 11.8 Å². The minimum absolute atomic E-state index is 0.0119.